The van der Waals surface area contributed by atoms with Gasteiger partial charge in [0, 0.05) is 38.9 Å². The third-order valence-corrected chi connectivity index (χ3v) is 4.25. The van der Waals surface area contributed by atoms with Gasteiger partial charge in [0.15, 0.2) is 0 Å². The maximum absolute atomic E-state index is 11.7. The number of nitrogens with zero attached hydrogens (tertiary/aromatic N) is 4. The molecule has 3 heterocycles. The Morgan fingerprint density at radius 2 is 1.92 bits per heavy atom. The van der Waals surface area contributed by atoms with E-state index in [9.17, 15) is 4.79 Å². The molecule has 0 spiro atoms. The Bertz CT molecular complexity index is 716. The summed E-state index contributed by atoms with van der Waals surface area (Å²) in [6.07, 6.45) is 1.82. The number of methoxy groups -OCH3 is 2. The molecule has 0 amide bonds. The van der Waals surface area contributed by atoms with E-state index in [4.69, 9.17) is 9.47 Å². The number of carbonyl (C=O) groups excluding carboxylic acids is 1. The highest BCUT2D eigenvalue weighted by atomic mass is 16.5. The Balaban J connectivity index is 1.63. The van der Waals surface area contributed by atoms with Gasteiger partial charge < -0.3 is 14.4 Å². The molecule has 3 rings (SSSR count). The molecule has 1 fully saturated rings. The molecule has 7 nitrogen and oxygen atoms in total. The maximum Gasteiger partial charge on any atom is 0.343 e. The second-order valence-corrected chi connectivity index (χ2v) is 5.80. The molecular weight excluding hydrogens is 320 g/mol. The molecule has 7 heteroatoms. The topological polar surface area (TPSA) is 67.8 Å². The lowest BCUT2D eigenvalue weighted by molar-refractivity contribution is 0.0596. The summed E-state index contributed by atoms with van der Waals surface area (Å²) >= 11 is 0. The summed E-state index contributed by atoms with van der Waals surface area (Å²) < 4.78 is 9.99. The van der Waals surface area contributed by atoms with Gasteiger partial charge in [0.25, 0.3) is 0 Å². The molecule has 0 N–H and O–H groups in total. The third-order valence-electron chi connectivity index (χ3n) is 4.25. The van der Waals surface area contributed by atoms with Crippen LogP contribution in [0.3, 0.4) is 0 Å². The summed E-state index contributed by atoms with van der Waals surface area (Å²) in [7, 11) is 2.85. The molecule has 2 aromatic heterocycles. The maximum atomic E-state index is 11.7. The number of ether oxygens (including phenoxy) is 2. The van der Waals surface area contributed by atoms with Gasteiger partial charge in [-0.15, -0.1) is 0 Å². The number of pyridine rings is 2. The number of hydrogen-bond acceptors (Lipinski definition) is 7. The average Bonchev–Trinajstić information content (AvgIpc) is 2.68. The van der Waals surface area contributed by atoms with E-state index in [1.165, 1.54) is 14.2 Å². The molecule has 0 saturated carbocycles. The van der Waals surface area contributed by atoms with Crippen molar-refractivity contribution in [2.24, 2.45) is 0 Å². The Labute approximate surface area is 147 Å². The SMILES string of the molecule is COC(=O)c1ccc(N2CCN(Cc3ccccn3)CC2)nc1OC. The van der Waals surface area contributed by atoms with Crippen LogP contribution in [0.15, 0.2) is 36.5 Å². The van der Waals surface area contributed by atoms with Crippen molar-refractivity contribution in [3.8, 4) is 5.88 Å². The van der Waals surface area contributed by atoms with E-state index in [0.29, 0.717) is 11.4 Å². The molecule has 0 aliphatic carbocycles. The summed E-state index contributed by atoms with van der Waals surface area (Å²) in [6.45, 7) is 4.44. The smallest absolute Gasteiger partial charge is 0.343 e. The summed E-state index contributed by atoms with van der Waals surface area (Å²) in [6, 6.07) is 9.52. The fourth-order valence-electron chi connectivity index (χ4n) is 2.88. The number of rotatable bonds is 5. The lowest BCUT2D eigenvalue weighted by Gasteiger charge is -2.35. The van der Waals surface area contributed by atoms with Crippen molar-refractivity contribution >= 4 is 11.8 Å². The van der Waals surface area contributed by atoms with Gasteiger partial charge in [-0.3, -0.25) is 9.88 Å². The zero-order valence-corrected chi connectivity index (χ0v) is 14.5. The van der Waals surface area contributed by atoms with Crippen molar-refractivity contribution in [1.29, 1.82) is 0 Å². The molecular formula is C18H22N4O3. The molecule has 0 atom stereocenters. The molecule has 132 valence electrons. The van der Waals surface area contributed by atoms with E-state index >= 15 is 0 Å². The van der Waals surface area contributed by atoms with E-state index in [0.717, 1.165) is 44.2 Å². The van der Waals surface area contributed by atoms with Gasteiger partial charge in [-0.25, -0.2) is 4.79 Å². The van der Waals surface area contributed by atoms with Crippen LogP contribution in [-0.4, -0.2) is 61.2 Å². The first kappa shape index (κ1) is 17.2. The molecule has 0 unspecified atom stereocenters. The number of esters is 1. The van der Waals surface area contributed by atoms with E-state index in [2.05, 4.69) is 19.8 Å². The van der Waals surface area contributed by atoms with Crippen LogP contribution in [0.1, 0.15) is 16.1 Å². The van der Waals surface area contributed by atoms with E-state index < -0.39 is 5.97 Å². The quantitative estimate of drug-likeness (QED) is 0.765. The van der Waals surface area contributed by atoms with Gasteiger partial charge in [0.05, 0.1) is 19.9 Å². The predicted octanol–water partition coefficient (Wildman–Crippen LogP) is 1.59. The molecule has 1 aliphatic rings. The van der Waals surface area contributed by atoms with Gasteiger partial charge in [-0.1, -0.05) is 6.07 Å². The number of piperazine rings is 1. The van der Waals surface area contributed by atoms with Crippen LogP contribution in [0.5, 0.6) is 5.88 Å². The van der Waals surface area contributed by atoms with Crippen molar-refractivity contribution in [3.63, 3.8) is 0 Å². The minimum absolute atomic E-state index is 0.292. The van der Waals surface area contributed by atoms with Crippen molar-refractivity contribution < 1.29 is 14.3 Å². The first-order chi connectivity index (χ1) is 12.2. The molecule has 0 radical (unpaired) electrons. The standard InChI is InChI=1S/C18H22N4O3/c1-24-17-15(18(23)25-2)6-7-16(20-17)22-11-9-21(10-12-22)13-14-5-3-4-8-19-14/h3-8H,9-13H2,1-2H3. The highest BCUT2D eigenvalue weighted by Gasteiger charge is 2.21. The van der Waals surface area contributed by atoms with Gasteiger partial charge in [0.1, 0.15) is 11.4 Å². The van der Waals surface area contributed by atoms with Crippen molar-refractivity contribution in [1.82, 2.24) is 14.9 Å². The normalized spacial score (nSPS) is 15.0. The Kier molecular flexibility index (Phi) is 5.45. The van der Waals surface area contributed by atoms with Crippen LogP contribution in [0.2, 0.25) is 0 Å². The minimum atomic E-state index is -0.448. The molecule has 1 aliphatic heterocycles. The highest BCUT2D eigenvalue weighted by Crippen LogP contribution is 2.23. The molecule has 2 aromatic rings. The van der Waals surface area contributed by atoms with Crippen LogP contribution >= 0.6 is 0 Å². The number of aromatic nitrogens is 2. The van der Waals surface area contributed by atoms with Gasteiger partial charge in [0.2, 0.25) is 5.88 Å². The lowest BCUT2D eigenvalue weighted by atomic mass is 10.2. The summed E-state index contributed by atoms with van der Waals surface area (Å²) in [5.74, 6) is 0.651. The zero-order chi connectivity index (χ0) is 17.6. The first-order valence-electron chi connectivity index (χ1n) is 8.22. The molecule has 1 saturated heterocycles. The van der Waals surface area contributed by atoms with Gasteiger partial charge in [-0.05, 0) is 24.3 Å². The fourth-order valence-corrected chi connectivity index (χ4v) is 2.88. The number of anilines is 1. The summed E-state index contributed by atoms with van der Waals surface area (Å²) in [4.78, 5) is 25.1. The Morgan fingerprint density at radius 3 is 2.56 bits per heavy atom. The lowest BCUT2D eigenvalue weighted by Crippen LogP contribution is -2.46. The summed E-state index contributed by atoms with van der Waals surface area (Å²) in [5.41, 5.74) is 1.42. The second-order valence-electron chi connectivity index (χ2n) is 5.80. The second kappa shape index (κ2) is 7.94. The van der Waals surface area contributed by atoms with Crippen molar-refractivity contribution in [2.75, 3.05) is 45.3 Å². The van der Waals surface area contributed by atoms with Crippen LogP contribution in [-0.2, 0) is 11.3 Å². The number of hydrogen-bond donors (Lipinski definition) is 0. The van der Waals surface area contributed by atoms with E-state index in [-0.39, 0.29) is 0 Å². The molecule has 0 aromatic carbocycles. The third kappa shape index (κ3) is 4.06. The molecule has 25 heavy (non-hydrogen) atoms. The van der Waals surface area contributed by atoms with Crippen molar-refractivity contribution in [3.05, 3.63) is 47.8 Å². The van der Waals surface area contributed by atoms with Crippen LogP contribution in [0.4, 0.5) is 5.82 Å². The monoisotopic (exact) mass is 342 g/mol. The van der Waals surface area contributed by atoms with E-state index in [1.54, 1.807) is 6.07 Å². The zero-order valence-electron chi connectivity index (χ0n) is 14.5. The molecule has 0 bridgehead atoms. The van der Waals surface area contributed by atoms with Crippen LogP contribution < -0.4 is 9.64 Å². The fraction of sp³-hybridized carbons (Fsp3) is 0.389. The van der Waals surface area contributed by atoms with Crippen molar-refractivity contribution in [2.45, 2.75) is 6.54 Å². The predicted molar refractivity (Wildman–Crippen MR) is 93.9 cm³/mol. The largest absolute Gasteiger partial charge is 0.480 e. The van der Waals surface area contributed by atoms with Crippen LogP contribution in [0.25, 0.3) is 0 Å². The number of carbonyl (C=O) groups is 1. The highest BCUT2D eigenvalue weighted by molar-refractivity contribution is 5.92. The van der Waals surface area contributed by atoms with E-state index in [1.807, 2.05) is 30.5 Å². The Hall–Kier alpha value is -2.67. The van der Waals surface area contributed by atoms with Gasteiger partial charge in [-0.2, -0.15) is 4.98 Å². The minimum Gasteiger partial charge on any atom is -0.480 e. The van der Waals surface area contributed by atoms with Gasteiger partial charge >= 0.3 is 5.97 Å². The first-order valence-corrected chi connectivity index (χ1v) is 8.22. The average molecular weight is 342 g/mol. The van der Waals surface area contributed by atoms with Crippen LogP contribution in [0, 0.1) is 0 Å². The Morgan fingerprint density at radius 1 is 1.12 bits per heavy atom. The summed E-state index contributed by atoms with van der Waals surface area (Å²) in [5, 5.41) is 0.